The summed E-state index contributed by atoms with van der Waals surface area (Å²) in [5, 5.41) is 33.1. The molecule has 4 nitrogen and oxygen atoms in total. The molecule has 0 fully saturated rings. The van der Waals surface area contributed by atoms with E-state index in [1.807, 2.05) is 6.07 Å². The molecule has 144 valence electrons. The Kier molecular flexibility index (Phi) is 7.91. The summed E-state index contributed by atoms with van der Waals surface area (Å²) in [6.45, 7) is 14.4. The maximum atomic E-state index is 10.8. The number of aliphatic hydroxyl groups excluding tert-OH is 2. The molecule has 0 radical (unpaired) electrons. The molecular formula is C21H37NO3. The van der Waals surface area contributed by atoms with E-state index in [1.54, 1.807) is 0 Å². The number of rotatable bonds is 8. The average molecular weight is 352 g/mol. The molecule has 0 saturated heterocycles. The molecule has 1 rings (SSSR count). The molecule has 25 heavy (non-hydrogen) atoms. The van der Waals surface area contributed by atoms with Crippen molar-refractivity contribution >= 4 is 0 Å². The number of aliphatic hydroxyl groups is 2. The van der Waals surface area contributed by atoms with E-state index in [1.165, 1.54) is 5.56 Å². The molecule has 0 aliphatic heterocycles. The van der Waals surface area contributed by atoms with Crippen LogP contribution in [0.15, 0.2) is 12.1 Å². The lowest BCUT2D eigenvalue weighted by Crippen LogP contribution is -2.24. The molecule has 0 saturated carbocycles. The van der Waals surface area contributed by atoms with Crippen molar-refractivity contribution in [3.8, 4) is 5.75 Å². The molecule has 0 heterocycles. The molecule has 0 aromatic heterocycles. The van der Waals surface area contributed by atoms with Gasteiger partial charge in [-0.05, 0) is 53.5 Å². The van der Waals surface area contributed by atoms with E-state index in [9.17, 15) is 10.2 Å². The standard InChI is InChI=1S/C21H37NO3/c1-20(2,3)16-12-15(19(25)18(14-16)21(4,5)6)13-17(24)8-10-22-9-7-11-23/h12,14,17,22-25H,7-11,13H2,1-6H3. The molecule has 4 heteroatoms. The highest BCUT2D eigenvalue weighted by Gasteiger charge is 2.25. The van der Waals surface area contributed by atoms with Crippen molar-refractivity contribution < 1.29 is 15.3 Å². The summed E-state index contributed by atoms with van der Waals surface area (Å²) in [6, 6.07) is 4.13. The van der Waals surface area contributed by atoms with Crippen LogP contribution in [0.5, 0.6) is 5.75 Å². The lowest BCUT2D eigenvalue weighted by molar-refractivity contribution is 0.163. The first-order valence-corrected chi connectivity index (χ1v) is 9.33. The number of benzene rings is 1. The third-order valence-corrected chi connectivity index (χ3v) is 4.48. The van der Waals surface area contributed by atoms with Gasteiger partial charge in [0.2, 0.25) is 0 Å². The Hall–Kier alpha value is -1.10. The van der Waals surface area contributed by atoms with Crippen molar-refractivity contribution in [2.45, 2.75) is 77.7 Å². The highest BCUT2D eigenvalue weighted by atomic mass is 16.3. The fraction of sp³-hybridized carbons (Fsp3) is 0.714. The van der Waals surface area contributed by atoms with Crippen molar-refractivity contribution in [3.05, 3.63) is 28.8 Å². The maximum Gasteiger partial charge on any atom is 0.122 e. The largest absolute Gasteiger partial charge is 0.507 e. The second-order valence-electron chi connectivity index (χ2n) is 9.01. The summed E-state index contributed by atoms with van der Waals surface area (Å²) in [5.74, 6) is 0.313. The molecule has 0 amide bonds. The number of aromatic hydroxyl groups is 1. The monoisotopic (exact) mass is 351 g/mol. The smallest absolute Gasteiger partial charge is 0.122 e. The maximum absolute atomic E-state index is 10.8. The van der Waals surface area contributed by atoms with Crippen molar-refractivity contribution in [3.63, 3.8) is 0 Å². The molecule has 0 spiro atoms. The fourth-order valence-corrected chi connectivity index (χ4v) is 2.81. The Balaban J connectivity index is 2.94. The minimum atomic E-state index is -0.504. The molecule has 1 aromatic rings. The van der Waals surface area contributed by atoms with Crippen LogP contribution in [0.25, 0.3) is 0 Å². The molecule has 0 aliphatic rings. The van der Waals surface area contributed by atoms with Crippen LogP contribution in [-0.2, 0) is 17.3 Å². The molecule has 1 aromatic carbocycles. The first kappa shape index (κ1) is 21.9. The second-order valence-corrected chi connectivity index (χ2v) is 9.01. The minimum Gasteiger partial charge on any atom is -0.507 e. The molecule has 1 unspecified atom stereocenters. The lowest BCUT2D eigenvalue weighted by atomic mass is 9.78. The summed E-state index contributed by atoms with van der Waals surface area (Å²) in [5.41, 5.74) is 2.76. The lowest BCUT2D eigenvalue weighted by Gasteiger charge is -2.28. The Morgan fingerprint density at radius 2 is 1.64 bits per heavy atom. The second kappa shape index (κ2) is 9.02. The van der Waals surface area contributed by atoms with Gasteiger partial charge in [-0.1, -0.05) is 53.7 Å². The Labute approximate surface area is 153 Å². The number of phenols is 1. The van der Waals surface area contributed by atoms with Crippen LogP contribution >= 0.6 is 0 Å². The van der Waals surface area contributed by atoms with Gasteiger partial charge in [0.15, 0.2) is 0 Å². The van der Waals surface area contributed by atoms with E-state index in [0.717, 1.165) is 24.1 Å². The third-order valence-electron chi connectivity index (χ3n) is 4.48. The Morgan fingerprint density at radius 3 is 2.16 bits per heavy atom. The minimum absolute atomic E-state index is 0.0146. The van der Waals surface area contributed by atoms with Crippen LogP contribution in [0, 0.1) is 0 Å². The Morgan fingerprint density at radius 1 is 1.00 bits per heavy atom. The van der Waals surface area contributed by atoms with E-state index in [0.29, 0.717) is 25.1 Å². The number of phenolic OH excluding ortho intramolecular Hbond substituents is 1. The van der Waals surface area contributed by atoms with Crippen LogP contribution in [-0.4, -0.2) is 41.1 Å². The zero-order chi connectivity index (χ0) is 19.3. The number of hydrogen-bond acceptors (Lipinski definition) is 4. The van der Waals surface area contributed by atoms with Crippen molar-refractivity contribution in [1.82, 2.24) is 5.32 Å². The van der Waals surface area contributed by atoms with Gasteiger partial charge < -0.3 is 20.6 Å². The van der Waals surface area contributed by atoms with Gasteiger partial charge in [-0.2, -0.15) is 0 Å². The fourth-order valence-electron chi connectivity index (χ4n) is 2.81. The van der Waals surface area contributed by atoms with Gasteiger partial charge in [-0.25, -0.2) is 0 Å². The van der Waals surface area contributed by atoms with E-state index in [4.69, 9.17) is 5.11 Å². The summed E-state index contributed by atoms with van der Waals surface area (Å²) in [4.78, 5) is 0. The van der Waals surface area contributed by atoms with E-state index < -0.39 is 6.10 Å². The molecule has 4 N–H and O–H groups in total. The normalized spacial score (nSPS) is 13.9. The topological polar surface area (TPSA) is 72.7 Å². The summed E-state index contributed by atoms with van der Waals surface area (Å²) >= 11 is 0. The highest BCUT2D eigenvalue weighted by Crippen LogP contribution is 2.38. The van der Waals surface area contributed by atoms with Gasteiger partial charge in [0, 0.05) is 13.0 Å². The van der Waals surface area contributed by atoms with E-state index in [-0.39, 0.29) is 17.4 Å². The quantitative estimate of drug-likeness (QED) is 0.543. The first-order chi connectivity index (χ1) is 11.5. The van der Waals surface area contributed by atoms with Gasteiger partial charge in [-0.3, -0.25) is 0 Å². The molecule has 1 atom stereocenters. The molecular weight excluding hydrogens is 314 g/mol. The molecule has 0 aliphatic carbocycles. The Bertz CT molecular complexity index is 541. The number of nitrogens with one attached hydrogen (secondary N) is 1. The van der Waals surface area contributed by atoms with Gasteiger partial charge in [0.05, 0.1) is 6.10 Å². The number of hydrogen-bond donors (Lipinski definition) is 4. The van der Waals surface area contributed by atoms with Crippen molar-refractivity contribution in [2.75, 3.05) is 19.7 Å². The van der Waals surface area contributed by atoms with Crippen LogP contribution in [0.3, 0.4) is 0 Å². The van der Waals surface area contributed by atoms with Crippen molar-refractivity contribution in [1.29, 1.82) is 0 Å². The van der Waals surface area contributed by atoms with Crippen LogP contribution < -0.4 is 5.32 Å². The molecule has 0 bridgehead atoms. The van der Waals surface area contributed by atoms with Crippen LogP contribution in [0.4, 0.5) is 0 Å². The SMILES string of the molecule is CC(C)(C)c1cc(CC(O)CCNCCCO)c(O)c(C(C)(C)C)c1. The van der Waals surface area contributed by atoms with Crippen LogP contribution in [0.2, 0.25) is 0 Å². The van der Waals surface area contributed by atoms with E-state index >= 15 is 0 Å². The third kappa shape index (κ3) is 6.96. The van der Waals surface area contributed by atoms with Gasteiger partial charge in [-0.15, -0.1) is 0 Å². The van der Waals surface area contributed by atoms with E-state index in [2.05, 4.69) is 52.9 Å². The van der Waals surface area contributed by atoms with Gasteiger partial charge >= 0.3 is 0 Å². The average Bonchev–Trinajstić information content (AvgIpc) is 2.46. The predicted molar refractivity (Wildman–Crippen MR) is 104 cm³/mol. The predicted octanol–water partition coefficient (Wildman–Crippen LogP) is 3.25. The zero-order valence-electron chi connectivity index (χ0n) is 16.8. The van der Waals surface area contributed by atoms with Gasteiger partial charge in [0.25, 0.3) is 0 Å². The highest BCUT2D eigenvalue weighted by molar-refractivity contribution is 5.49. The summed E-state index contributed by atoms with van der Waals surface area (Å²) in [6.07, 6.45) is 1.28. The van der Waals surface area contributed by atoms with Crippen LogP contribution in [0.1, 0.15) is 71.1 Å². The zero-order valence-corrected chi connectivity index (χ0v) is 16.8. The van der Waals surface area contributed by atoms with Gasteiger partial charge in [0.1, 0.15) is 5.75 Å². The van der Waals surface area contributed by atoms with Crippen molar-refractivity contribution in [2.24, 2.45) is 0 Å². The summed E-state index contributed by atoms with van der Waals surface area (Å²) < 4.78 is 0. The first-order valence-electron chi connectivity index (χ1n) is 9.33. The summed E-state index contributed by atoms with van der Waals surface area (Å²) in [7, 11) is 0.